The smallest absolute Gasteiger partial charge is 0.147 e. The average Bonchev–Trinajstić information content (AvgIpc) is 3.23. The van der Waals surface area contributed by atoms with Crippen molar-refractivity contribution in [3.8, 4) is 28.3 Å². The van der Waals surface area contributed by atoms with Gasteiger partial charge >= 0.3 is 0 Å². The fourth-order valence-corrected chi connectivity index (χ4v) is 4.90. The molecule has 31 heavy (non-hydrogen) atoms. The van der Waals surface area contributed by atoms with E-state index in [2.05, 4.69) is 59.3 Å². The molecule has 7 heteroatoms. The number of aromatic nitrogens is 4. The lowest BCUT2D eigenvalue weighted by Crippen LogP contribution is -2.32. The zero-order valence-electron chi connectivity index (χ0n) is 18.0. The summed E-state index contributed by atoms with van der Waals surface area (Å²) in [6, 6.07) is 12.4. The molecule has 1 N–H and O–H groups in total. The van der Waals surface area contributed by atoms with Gasteiger partial charge in [0.1, 0.15) is 28.5 Å². The Bertz CT molecular complexity index is 1230. The first-order valence-electron chi connectivity index (χ1n) is 10.4. The van der Waals surface area contributed by atoms with E-state index in [1.807, 2.05) is 24.0 Å². The molecule has 3 aromatic heterocycles. The number of hydrogen-bond donors (Lipinski definition) is 1. The van der Waals surface area contributed by atoms with Crippen LogP contribution in [-0.2, 0) is 0 Å². The van der Waals surface area contributed by atoms with Crippen LogP contribution in [0.4, 0.5) is 5.82 Å². The Labute approximate surface area is 186 Å². The Hall–Kier alpha value is -3.06. The highest BCUT2D eigenvalue weighted by Crippen LogP contribution is 2.36. The summed E-state index contributed by atoms with van der Waals surface area (Å²) in [6.07, 6.45) is 1.90. The predicted molar refractivity (Wildman–Crippen MR) is 128 cm³/mol. The van der Waals surface area contributed by atoms with Crippen LogP contribution >= 0.6 is 11.8 Å². The minimum atomic E-state index is 0.729. The summed E-state index contributed by atoms with van der Waals surface area (Å²) in [4.78, 5) is 12.1. The summed E-state index contributed by atoms with van der Waals surface area (Å²) >= 11 is 2.00. The monoisotopic (exact) mass is 431 g/mol. The molecule has 1 aromatic carbocycles. The molecule has 0 aliphatic carbocycles. The first-order chi connectivity index (χ1) is 15.2. The maximum absolute atomic E-state index is 5.67. The molecule has 1 aliphatic rings. The van der Waals surface area contributed by atoms with E-state index in [4.69, 9.17) is 14.7 Å². The van der Waals surface area contributed by atoms with Gasteiger partial charge in [0, 0.05) is 48.0 Å². The van der Waals surface area contributed by atoms with Crippen molar-refractivity contribution in [3.63, 3.8) is 0 Å². The second kappa shape index (κ2) is 8.23. The number of methoxy groups -OCH3 is 1. The number of H-pyrrole nitrogens is 1. The third-order valence-electron chi connectivity index (χ3n) is 5.94. The standard InChI is InChI=1S/C24H25N5OS/c1-15-5-4-6-18(16(15)2)23-20(30-3)13-19-24(26-23)22(28-27-19)17-7-8-21(25-14-17)29-9-11-31-12-10-29/h4-8,13-14H,9-12H2,1-3H3,(H,27,28). The zero-order valence-corrected chi connectivity index (χ0v) is 18.8. The van der Waals surface area contributed by atoms with Crippen molar-refractivity contribution in [1.82, 2.24) is 20.2 Å². The van der Waals surface area contributed by atoms with Gasteiger partial charge in [0.05, 0.1) is 12.6 Å². The van der Waals surface area contributed by atoms with Gasteiger partial charge in [0.15, 0.2) is 0 Å². The molecule has 1 saturated heterocycles. The highest BCUT2D eigenvalue weighted by Gasteiger charge is 2.18. The molecule has 0 saturated carbocycles. The normalized spacial score (nSPS) is 14.2. The van der Waals surface area contributed by atoms with E-state index in [-0.39, 0.29) is 0 Å². The molecule has 1 aliphatic heterocycles. The predicted octanol–water partition coefficient (Wildman–Crippen LogP) is 4.87. The summed E-state index contributed by atoms with van der Waals surface area (Å²) in [5.41, 5.74) is 7.74. The maximum atomic E-state index is 5.67. The number of rotatable bonds is 4. The second-order valence-electron chi connectivity index (χ2n) is 7.76. The third kappa shape index (κ3) is 3.63. The highest BCUT2D eigenvalue weighted by molar-refractivity contribution is 7.99. The number of nitrogens with zero attached hydrogens (tertiary/aromatic N) is 4. The van der Waals surface area contributed by atoms with Gasteiger partial charge in [-0.05, 0) is 37.1 Å². The highest BCUT2D eigenvalue weighted by atomic mass is 32.2. The minimum Gasteiger partial charge on any atom is -0.494 e. The Morgan fingerprint density at radius 1 is 1.06 bits per heavy atom. The largest absolute Gasteiger partial charge is 0.494 e. The Morgan fingerprint density at radius 2 is 1.90 bits per heavy atom. The molecule has 5 rings (SSSR count). The molecule has 0 unspecified atom stereocenters. The van der Waals surface area contributed by atoms with E-state index >= 15 is 0 Å². The number of aryl methyl sites for hydroxylation is 1. The molecule has 158 valence electrons. The van der Waals surface area contributed by atoms with Gasteiger partial charge in [-0.15, -0.1) is 0 Å². The number of nitrogens with one attached hydrogen (secondary N) is 1. The molecule has 6 nitrogen and oxygen atoms in total. The van der Waals surface area contributed by atoms with Gasteiger partial charge in [-0.2, -0.15) is 16.9 Å². The van der Waals surface area contributed by atoms with Gasteiger partial charge in [0.25, 0.3) is 0 Å². The lowest BCUT2D eigenvalue weighted by molar-refractivity contribution is 0.415. The molecule has 1 fully saturated rings. The first kappa shape index (κ1) is 19.9. The summed E-state index contributed by atoms with van der Waals surface area (Å²) in [6.45, 7) is 6.32. The fraction of sp³-hybridized carbons (Fsp3) is 0.292. The lowest BCUT2D eigenvalue weighted by atomic mass is 9.99. The number of ether oxygens (including phenoxy) is 1. The SMILES string of the molecule is COc1cc2[nH]nc(-c3ccc(N4CCSCC4)nc3)c2nc1-c1cccc(C)c1C. The lowest BCUT2D eigenvalue weighted by Gasteiger charge is -2.27. The number of benzene rings is 1. The van der Waals surface area contributed by atoms with Crippen LogP contribution in [0.5, 0.6) is 5.75 Å². The van der Waals surface area contributed by atoms with Gasteiger partial charge in [0.2, 0.25) is 0 Å². The van der Waals surface area contributed by atoms with Crippen LogP contribution in [-0.4, -0.2) is 51.9 Å². The van der Waals surface area contributed by atoms with Crippen molar-refractivity contribution in [2.45, 2.75) is 13.8 Å². The Balaban J connectivity index is 1.58. The number of aromatic amines is 1. The van der Waals surface area contributed by atoms with Gasteiger partial charge < -0.3 is 9.64 Å². The second-order valence-corrected chi connectivity index (χ2v) is 8.98. The first-order valence-corrected chi connectivity index (χ1v) is 11.6. The van der Waals surface area contributed by atoms with E-state index in [0.29, 0.717) is 0 Å². The number of pyridine rings is 2. The number of hydrogen-bond acceptors (Lipinski definition) is 6. The van der Waals surface area contributed by atoms with E-state index in [0.717, 1.165) is 69.7 Å². The molecule has 0 spiro atoms. The van der Waals surface area contributed by atoms with Crippen LogP contribution in [0, 0.1) is 13.8 Å². The molecule has 0 radical (unpaired) electrons. The molecule has 4 aromatic rings. The summed E-state index contributed by atoms with van der Waals surface area (Å²) < 4.78 is 5.67. The molecule has 0 atom stereocenters. The molecule has 0 amide bonds. The number of fused-ring (bicyclic) bond motifs is 1. The van der Waals surface area contributed by atoms with Crippen molar-refractivity contribution < 1.29 is 4.74 Å². The van der Waals surface area contributed by atoms with Crippen molar-refractivity contribution in [1.29, 1.82) is 0 Å². The minimum absolute atomic E-state index is 0.729. The van der Waals surface area contributed by atoms with E-state index in [1.54, 1.807) is 7.11 Å². The van der Waals surface area contributed by atoms with E-state index in [1.165, 1.54) is 11.1 Å². The molecule has 0 bridgehead atoms. The van der Waals surface area contributed by atoms with Gasteiger partial charge in [-0.1, -0.05) is 18.2 Å². The average molecular weight is 432 g/mol. The van der Waals surface area contributed by atoms with Crippen LogP contribution in [0.2, 0.25) is 0 Å². The fourth-order valence-electron chi connectivity index (χ4n) is 3.99. The molecular formula is C24H25N5OS. The van der Waals surface area contributed by atoms with Crippen LogP contribution in [0.25, 0.3) is 33.5 Å². The van der Waals surface area contributed by atoms with Crippen molar-refractivity contribution in [3.05, 3.63) is 53.7 Å². The summed E-state index contributed by atoms with van der Waals surface area (Å²) in [5.74, 6) is 4.06. The van der Waals surface area contributed by atoms with Crippen LogP contribution in [0.15, 0.2) is 42.6 Å². The van der Waals surface area contributed by atoms with E-state index in [9.17, 15) is 0 Å². The van der Waals surface area contributed by atoms with Crippen LogP contribution < -0.4 is 9.64 Å². The topological polar surface area (TPSA) is 66.9 Å². The Morgan fingerprint density at radius 3 is 2.65 bits per heavy atom. The van der Waals surface area contributed by atoms with Crippen molar-refractivity contribution >= 4 is 28.6 Å². The summed E-state index contributed by atoms with van der Waals surface area (Å²) in [5, 5.41) is 7.67. The Kier molecular flexibility index (Phi) is 5.28. The summed E-state index contributed by atoms with van der Waals surface area (Å²) in [7, 11) is 1.68. The van der Waals surface area contributed by atoms with Crippen LogP contribution in [0.3, 0.4) is 0 Å². The van der Waals surface area contributed by atoms with Crippen LogP contribution in [0.1, 0.15) is 11.1 Å². The van der Waals surface area contributed by atoms with Crippen molar-refractivity contribution in [2.24, 2.45) is 0 Å². The molecule has 4 heterocycles. The zero-order chi connectivity index (χ0) is 21.4. The quantitative estimate of drug-likeness (QED) is 0.497. The number of anilines is 1. The molecular weight excluding hydrogens is 406 g/mol. The number of thioether (sulfide) groups is 1. The maximum Gasteiger partial charge on any atom is 0.147 e. The van der Waals surface area contributed by atoms with Gasteiger partial charge in [-0.25, -0.2) is 9.97 Å². The van der Waals surface area contributed by atoms with E-state index < -0.39 is 0 Å². The van der Waals surface area contributed by atoms with Crippen molar-refractivity contribution in [2.75, 3.05) is 36.6 Å². The van der Waals surface area contributed by atoms with Gasteiger partial charge in [-0.3, -0.25) is 5.10 Å². The third-order valence-corrected chi connectivity index (χ3v) is 6.88.